The van der Waals surface area contributed by atoms with Gasteiger partial charge in [-0.15, -0.1) is 0 Å². The Morgan fingerprint density at radius 2 is 2.31 bits per heavy atom. The van der Waals surface area contributed by atoms with Gasteiger partial charge in [-0.1, -0.05) is 0 Å². The molecular formula is C8H11NO4. The summed E-state index contributed by atoms with van der Waals surface area (Å²) in [5.41, 5.74) is -0.924. The Morgan fingerprint density at radius 3 is 2.77 bits per heavy atom. The van der Waals surface area contributed by atoms with Gasteiger partial charge in [-0.25, -0.2) is 0 Å². The summed E-state index contributed by atoms with van der Waals surface area (Å²) < 4.78 is 4.58. The summed E-state index contributed by atoms with van der Waals surface area (Å²) >= 11 is 0. The molecule has 1 N–H and O–H groups in total. The summed E-state index contributed by atoms with van der Waals surface area (Å²) in [7, 11) is 1.29. The molecule has 0 radical (unpaired) electrons. The number of esters is 1. The normalized spacial score (nSPS) is 41.0. The van der Waals surface area contributed by atoms with Crippen molar-refractivity contribution in [2.24, 2.45) is 5.92 Å². The maximum absolute atomic E-state index is 11.2. The summed E-state index contributed by atoms with van der Waals surface area (Å²) in [6.07, 6.45) is 0.596. The van der Waals surface area contributed by atoms with E-state index in [1.54, 1.807) is 4.90 Å². The molecule has 0 aliphatic carbocycles. The van der Waals surface area contributed by atoms with Crippen LogP contribution >= 0.6 is 0 Å². The van der Waals surface area contributed by atoms with E-state index in [1.165, 1.54) is 7.11 Å². The van der Waals surface area contributed by atoms with Gasteiger partial charge >= 0.3 is 11.9 Å². The van der Waals surface area contributed by atoms with Gasteiger partial charge in [-0.3, -0.25) is 14.5 Å². The van der Waals surface area contributed by atoms with Crippen LogP contribution in [0.4, 0.5) is 0 Å². The first-order chi connectivity index (χ1) is 6.13. The lowest BCUT2D eigenvalue weighted by molar-refractivity contribution is -0.153. The Morgan fingerprint density at radius 1 is 1.62 bits per heavy atom. The summed E-state index contributed by atoms with van der Waals surface area (Å²) in [4.78, 5) is 24.0. The third kappa shape index (κ3) is 0.904. The highest BCUT2D eigenvalue weighted by molar-refractivity contribution is 5.91. The first kappa shape index (κ1) is 8.50. The molecule has 13 heavy (non-hydrogen) atoms. The lowest BCUT2D eigenvalue weighted by atomic mass is 9.91. The molecular weight excluding hydrogens is 174 g/mol. The lowest BCUT2D eigenvalue weighted by Crippen LogP contribution is -2.38. The number of ether oxygens (including phenoxy) is 1. The summed E-state index contributed by atoms with van der Waals surface area (Å²) in [6, 6.07) is 0. The number of carboxylic acids is 1. The number of aliphatic carboxylic acids is 1. The second kappa shape index (κ2) is 2.45. The molecule has 0 bridgehead atoms. The Kier molecular flexibility index (Phi) is 1.60. The van der Waals surface area contributed by atoms with Crippen LogP contribution in [0.3, 0.4) is 0 Å². The van der Waals surface area contributed by atoms with E-state index in [0.717, 1.165) is 0 Å². The molecule has 3 atom stereocenters. The Hall–Kier alpha value is -1.10. The molecule has 2 unspecified atom stereocenters. The second-order valence-corrected chi connectivity index (χ2v) is 3.52. The van der Waals surface area contributed by atoms with Crippen LogP contribution in [0, 0.1) is 5.92 Å². The summed E-state index contributed by atoms with van der Waals surface area (Å²) in [5.74, 6) is -1.78. The van der Waals surface area contributed by atoms with E-state index < -0.39 is 23.4 Å². The van der Waals surface area contributed by atoms with Crippen molar-refractivity contribution < 1.29 is 19.4 Å². The number of methoxy groups -OCH3 is 1. The molecule has 0 aromatic carbocycles. The van der Waals surface area contributed by atoms with Crippen LogP contribution in [-0.2, 0) is 14.3 Å². The lowest BCUT2D eigenvalue weighted by Gasteiger charge is -2.14. The van der Waals surface area contributed by atoms with Gasteiger partial charge in [0.2, 0.25) is 0 Å². The average molecular weight is 185 g/mol. The first-order valence-corrected chi connectivity index (χ1v) is 4.19. The number of carbonyl (C=O) groups excluding carboxylic acids is 1. The van der Waals surface area contributed by atoms with Gasteiger partial charge in [0, 0.05) is 13.1 Å². The number of carbonyl (C=O) groups is 2. The van der Waals surface area contributed by atoms with Crippen LogP contribution in [0.1, 0.15) is 6.42 Å². The van der Waals surface area contributed by atoms with Gasteiger partial charge in [0.1, 0.15) is 5.54 Å². The fourth-order valence-electron chi connectivity index (χ4n) is 2.20. The maximum Gasteiger partial charge on any atom is 0.326 e. The van der Waals surface area contributed by atoms with Crippen LogP contribution in [0.15, 0.2) is 0 Å². The van der Waals surface area contributed by atoms with E-state index in [2.05, 4.69) is 4.74 Å². The molecule has 2 heterocycles. The number of hydrogen-bond acceptors (Lipinski definition) is 4. The fourth-order valence-corrected chi connectivity index (χ4v) is 2.20. The van der Waals surface area contributed by atoms with E-state index in [0.29, 0.717) is 19.5 Å². The Bertz CT molecular complexity index is 277. The van der Waals surface area contributed by atoms with Crippen LogP contribution in [0.5, 0.6) is 0 Å². The maximum atomic E-state index is 11.2. The zero-order valence-electron chi connectivity index (χ0n) is 7.32. The molecule has 0 aromatic heterocycles. The molecule has 0 spiro atoms. The molecule has 0 amide bonds. The predicted molar refractivity (Wildman–Crippen MR) is 42.1 cm³/mol. The van der Waals surface area contributed by atoms with Gasteiger partial charge in [0.05, 0.1) is 13.0 Å². The molecule has 0 aromatic rings. The third-order valence-corrected chi connectivity index (χ3v) is 3.01. The minimum Gasteiger partial charge on any atom is -0.480 e. The smallest absolute Gasteiger partial charge is 0.326 e. The van der Waals surface area contributed by atoms with Crippen molar-refractivity contribution in [3.8, 4) is 0 Å². The minimum atomic E-state index is -0.924. The zero-order valence-corrected chi connectivity index (χ0v) is 7.32. The van der Waals surface area contributed by atoms with Gasteiger partial charge in [-0.05, 0) is 6.42 Å². The van der Waals surface area contributed by atoms with E-state index in [9.17, 15) is 9.59 Å². The molecule has 72 valence electrons. The molecule has 5 nitrogen and oxygen atoms in total. The highest BCUT2D eigenvalue weighted by atomic mass is 16.5. The topological polar surface area (TPSA) is 66.6 Å². The van der Waals surface area contributed by atoms with Gasteiger partial charge in [-0.2, -0.15) is 0 Å². The fraction of sp³-hybridized carbons (Fsp3) is 0.750. The van der Waals surface area contributed by atoms with Crippen LogP contribution < -0.4 is 0 Å². The van der Waals surface area contributed by atoms with Crippen molar-refractivity contribution in [3.05, 3.63) is 0 Å². The summed E-state index contributed by atoms with van der Waals surface area (Å²) in [5, 5.41) is 8.98. The van der Waals surface area contributed by atoms with Crippen molar-refractivity contribution in [1.82, 2.24) is 4.90 Å². The number of piperidine rings is 1. The molecule has 0 saturated carbocycles. The predicted octanol–water partition coefficient (Wildman–Crippen LogP) is -0.682. The molecule has 5 heteroatoms. The molecule has 2 rings (SSSR count). The van der Waals surface area contributed by atoms with E-state index in [4.69, 9.17) is 5.11 Å². The van der Waals surface area contributed by atoms with Crippen LogP contribution in [0.2, 0.25) is 0 Å². The van der Waals surface area contributed by atoms with E-state index >= 15 is 0 Å². The molecule has 2 fully saturated rings. The van der Waals surface area contributed by atoms with Crippen molar-refractivity contribution in [2.45, 2.75) is 12.0 Å². The SMILES string of the molecule is COC(=O)C1CCN2C[C@@]12C(=O)O. The van der Waals surface area contributed by atoms with Gasteiger partial charge in [0.25, 0.3) is 0 Å². The zero-order chi connectivity index (χ0) is 9.64. The number of hydrogen-bond donors (Lipinski definition) is 1. The molecule has 2 aliphatic rings. The van der Waals surface area contributed by atoms with Crippen molar-refractivity contribution in [3.63, 3.8) is 0 Å². The Balaban J connectivity index is 2.21. The van der Waals surface area contributed by atoms with E-state index in [-0.39, 0.29) is 0 Å². The number of carboxylic acid groups (broad SMARTS) is 1. The van der Waals surface area contributed by atoms with Crippen LogP contribution in [-0.4, -0.2) is 47.7 Å². The van der Waals surface area contributed by atoms with Crippen molar-refractivity contribution in [2.75, 3.05) is 20.2 Å². The average Bonchev–Trinajstić information content (AvgIpc) is 2.73. The van der Waals surface area contributed by atoms with Crippen molar-refractivity contribution in [1.29, 1.82) is 0 Å². The Labute approximate surface area is 75.3 Å². The molecule has 2 saturated heterocycles. The summed E-state index contributed by atoms with van der Waals surface area (Å²) in [6.45, 7) is 1.17. The monoisotopic (exact) mass is 185 g/mol. The highest BCUT2D eigenvalue weighted by Gasteiger charge is 2.69. The third-order valence-electron chi connectivity index (χ3n) is 3.01. The van der Waals surface area contributed by atoms with Gasteiger partial charge in [0.15, 0.2) is 0 Å². The van der Waals surface area contributed by atoms with Gasteiger partial charge < -0.3 is 9.84 Å². The van der Waals surface area contributed by atoms with E-state index in [1.807, 2.05) is 0 Å². The van der Waals surface area contributed by atoms with Crippen molar-refractivity contribution >= 4 is 11.9 Å². The highest BCUT2D eigenvalue weighted by Crippen LogP contribution is 2.47. The molecule has 2 aliphatic heterocycles. The largest absolute Gasteiger partial charge is 0.480 e. The standard InChI is InChI=1S/C8H11NO4/c1-13-6(10)5-2-3-9-4-8(5,9)7(11)12/h5H,2-4H2,1H3,(H,11,12)/t5?,8-,9?/m0/s1. The number of nitrogens with zero attached hydrogens (tertiary/aromatic N) is 1. The second-order valence-electron chi connectivity index (χ2n) is 3.52. The number of fused-ring (bicyclic) bond motifs is 1. The first-order valence-electron chi connectivity index (χ1n) is 4.19. The number of rotatable bonds is 2. The minimum absolute atomic E-state index is 0.401. The van der Waals surface area contributed by atoms with Crippen LogP contribution in [0.25, 0.3) is 0 Å². The quantitative estimate of drug-likeness (QED) is 0.456.